The molecule has 1 aliphatic rings. The fraction of sp³-hybridized carbons (Fsp3) is 0.280. The molecule has 0 unspecified atom stereocenters. The van der Waals surface area contributed by atoms with E-state index >= 15 is 0 Å². The van der Waals surface area contributed by atoms with Crippen molar-refractivity contribution in [3.05, 3.63) is 70.8 Å². The molecule has 0 aliphatic heterocycles. The van der Waals surface area contributed by atoms with Gasteiger partial charge in [-0.1, -0.05) is 38.1 Å². The predicted octanol–water partition coefficient (Wildman–Crippen LogP) is 5.61. The first-order chi connectivity index (χ1) is 14.4. The van der Waals surface area contributed by atoms with E-state index < -0.39 is 5.82 Å². The molecule has 152 valence electrons. The third-order valence-corrected chi connectivity index (χ3v) is 5.95. The average Bonchev–Trinajstić information content (AvgIpc) is 3.07. The van der Waals surface area contributed by atoms with Crippen molar-refractivity contribution >= 4 is 27.6 Å². The first kappa shape index (κ1) is 18.8. The standard InChI is InChI=1S/C25H23FN2O2/c1-25(2)12-19-23(20(29)13-25)22-15-6-4-5-7-17(15)28-24(22)18(27-19)11-14-8-9-21(30-3)16(26)10-14/h4-10,28H,11-13H2,1-3H3. The van der Waals surface area contributed by atoms with E-state index in [4.69, 9.17) is 9.72 Å². The Bertz CT molecular complexity index is 1320. The van der Waals surface area contributed by atoms with Gasteiger partial charge in [0.1, 0.15) is 0 Å². The minimum atomic E-state index is -0.392. The normalized spacial score (nSPS) is 15.5. The smallest absolute Gasteiger partial charge is 0.165 e. The van der Waals surface area contributed by atoms with Gasteiger partial charge in [-0.3, -0.25) is 9.78 Å². The number of H-pyrrole nitrogens is 1. The molecule has 5 rings (SSSR count). The SMILES string of the molecule is COc1ccc(Cc2nc3c(c4c2[nH]c2ccccc24)C(=O)CC(C)(C)C3)cc1F. The number of fused-ring (bicyclic) bond motifs is 5. The summed E-state index contributed by atoms with van der Waals surface area (Å²) in [4.78, 5) is 21.5. The summed E-state index contributed by atoms with van der Waals surface area (Å²) in [5.74, 6) is -0.0250. The van der Waals surface area contributed by atoms with Gasteiger partial charge >= 0.3 is 0 Å². The summed E-state index contributed by atoms with van der Waals surface area (Å²) in [5, 5.41) is 1.97. The molecule has 0 fully saturated rings. The number of ether oxygens (including phenoxy) is 1. The first-order valence-corrected chi connectivity index (χ1v) is 10.1. The van der Waals surface area contributed by atoms with E-state index in [1.165, 1.54) is 13.2 Å². The Morgan fingerprint density at radius 2 is 1.97 bits per heavy atom. The van der Waals surface area contributed by atoms with Gasteiger partial charge < -0.3 is 9.72 Å². The van der Waals surface area contributed by atoms with Crippen LogP contribution in [-0.2, 0) is 12.8 Å². The van der Waals surface area contributed by atoms with E-state index in [9.17, 15) is 9.18 Å². The van der Waals surface area contributed by atoms with Crippen molar-refractivity contribution in [1.29, 1.82) is 0 Å². The van der Waals surface area contributed by atoms with E-state index in [0.29, 0.717) is 12.8 Å². The zero-order chi connectivity index (χ0) is 21.0. The Kier molecular flexibility index (Phi) is 4.17. The molecular formula is C25H23FN2O2. The van der Waals surface area contributed by atoms with Crippen LogP contribution in [0, 0.1) is 11.2 Å². The minimum absolute atomic E-state index is 0.125. The summed E-state index contributed by atoms with van der Waals surface area (Å²) in [6.07, 6.45) is 1.72. The number of aromatic amines is 1. The fourth-order valence-corrected chi connectivity index (χ4v) is 4.65. The quantitative estimate of drug-likeness (QED) is 0.485. The summed E-state index contributed by atoms with van der Waals surface area (Å²) in [7, 11) is 1.45. The second-order valence-corrected chi connectivity index (χ2v) is 8.89. The van der Waals surface area contributed by atoms with E-state index in [0.717, 1.165) is 50.7 Å². The number of halogens is 1. The fourth-order valence-electron chi connectivity index (χ4n) is 4.65. The minimum Gasteiger partial charge on any atom is -0.494 e. The highest BCUT2D eigenvalue weighted by molar-refractivity contribution is 6.19. The van der Waals surface area contributed by atoms with Gasteiger partial charge in [-0.25, -0.2) is 4.39 Å². The van der Waals surface area contributed by atoms with Crippen LogP contribution in [0.25, 0.3) is 21.8 Å². The van der Waals surface area contributed by atoms with Gasteiger partial charge in [0.15, 0.2) is 17.3 Å². The summed E-state index contributed by atoms with van der Waals surface area (Å²) < 4.78 is 19.3. The second kappa shape index (κ2) is 6.66. The number of carbonyl (C=O) groups is 1. The maximum atomic E-state index is 14.3. The van der Waals surface area contributed by atoms with Crippen LogP contribution >= 0.6 is 0 Å². The summed E-state index contributed by atoms with van der Waals surface area (Å²) in [6.45, 7) is 4.21. The number of rotatable bonds is 3. The lowest BCUT2D eigenvalue weighted by atomic mass is 9.74. The van der Waals surface area contributed by atoms with Crippen molar-refractivity contribution in [3.8, 4) is 5.75 Å². The van der Waals surface area contributed by atoms with Gasteiger partial charge in [-0.2, -0.15) is 0 Å². The molecule has 2 heterocycles. The number of Topliss-reactive ketones (excluding diaryl/α,β-unsaturated/α-hetero) is 1. The molecule has 0 radical (unpaired) electrons. The van der Waals surface area contributed by atoms with Crippen molar-refractivity contribution in [2.75, 3.05) is 7.11 Å². The molecule has 0 bridgehead atoms. The molecule has 0 saturated heterocycles. The summed E-state index contributed by atoms with van der Waals surface area (Å²) in [5.41, 5.74) is 4.93. The topological polar surface area (TPSA) is 55.0 Å². The number of carbonyl (C=O) groups excluding carboxylic acids is 1. The molecule has 0 saturated carbocycles. The molecule has 5 heteroatoms. The number of aromatic nitrogens is 2. The molecule has 1 N–H and O–H groups in total. The van der Waals surface area contributed by atoms with Crippen LogP contribution in [0.4, 0.5) is 4.39 Å². The molecule has 2 aromatic heterocycles. The number of ketones is 1. The molecule has 4 nitrogen and oxygen atoms in total. The van der Waals surface area contributed by atoms with Crippen molar-refractivity contribution in [1.82, 2.24) is 9.97 Å². The number of para-hydroxylation sites is 1. The molecule has 2 aromatic carbocycles. The highest BCUT2D eigenvalue weighted by atomic mass is 19.1. The van der Waals surface area contributed by atoms with Crippen molar-refractivity contribution in [2.45, 2.75) is 33.1 Å². The predicted molar refractivity (Wildman–Crippen MR) is 116 cm³/mol. The highest BCUT2D eigenvalue weighted by Gasteiger charge is 2.34. The molecule has 4 aromatic rings. The van der Waals surface area contributed by atoms with Crippen LogP contribution in [0.15, 0.2) is 42.5 Å². The molecule has 1 aliphatic carbocycles. The van der Waals surface area contributed by atoms with E-state index in [1.54, 1.807) is 6.07 Å². The van der Waals surface area contributed by atoms with E-state index in [2.05, 4.69) is 18.8 Å². The number of nitrogens with zero attached hydrogens (tertiary/aromatic N) is 1. The van der Waals surface area contributed by atoms with Gasteiger partial charge in [0, 0.05) is 34.7 Å². The number of nitrogens with one attached hydrogen (secondary N) is 1. The lowest BCUT2D eigenvalue weighted by Gasteiger charge is -2.30. The first-order valence-electron chi connectivity index (χ1n) is 10.1. The highest BCUT2D eigenvalue weighted by Crippen LogP contribution is 2.40. The molecular weight excluding hydrogens is 379 g/mol. The summed E-state index contributed by atoms with van der Waals surface area (Å²) >= 11 is 0. The lowest BCUT2D eigenvalue weighted by molar-refractivity contribution is 0.0912. The average molecular weight is 402 g/mol. The van der Waals surface area contributed by atoms with Crippen LogP contribution in [0.1, 0.15) is 47.6 Å². The molecule has 30 heavy (non-hydrogen) atoms. The lowest BCUT2D eigenvalue weighted by Crippen LogP contribution is -2.28. The Balaban J connectivity index is 1.75. The van der Waals surface area contributed by atoms with Crippen LogP contribution in [-0.4, -0.2) is 22.9 Å². The Morgan fingerprint density at radius 1 is 1.17 bits per heavy atom. The zero-order valence-electron chi connectivity index (χ0n) is 17.3. The van der Waals surface area contributed by atoms with Crippen LogP contribution in [0.5, 0.6) is 5.75 Å². The molecule has 0 amide bonds. The maximum Gasteiger partial charge on any atom is 0.165 e. The number of hydrogen-bond donors (Lipinski definition) is 1. The van der Waals surface area contributed by atoms with Gasteiger partial charge in [0.2, 0.25) is 0 Å². The second-order valence-electron chi connectivity index (χ2n) is 8.89. The Hall–Kier alpha value is -3.21. The van der Waals surface area contributed by atoms with Crippen LogP contribution < -0.4 is 4.74 Å². The van der Waals surface area contributed by atoms with Crippen molar-refractivity contribution in [2.24, 2.45) is 5.41 Å². The number of pyridine rings is 1. The summed E-state index contributed by atoms with van der Waals surface area (Å²) in [6, 6.07) is 13.0. The monoisotopic (exact) mass is 402 g/mol. The maximum absolute atomic E-state index is 14.3. The number of hydrogen-bond acceptors (Lipinski definition) is 3. The number of methoxy groups -OCH3 is 1. The van der Waals surface area contributed by atoms with Crippen molar-refractivity contribution in [3.63, 3.8) is 0 Å². The van der Waals surface area contributed by atoms with Gasteiger partial charge in [-0.05, 0) is 35.6 Å². The number of benzene rings is 2. The van der Waals surface area contributed by atoms with Gasteiger partial charge in [0.25, 0.3) is 0 Å². The van der Waals surface area contributed by atoms with Crippen LogP contribution in [0.2, 0.25) is 0 Å². The van der Waals surface area contributed by atoms with Crippen LogP contribution in [0.3, 0.4) is 0 Å². The molecule has 0 spiro atoms. The van der Waals surface area contributed by atoms with E-state index in [-0.39, 0.29) is 16.9 Å². The molecule has 0 atom stereocenters. The zero-order valence-corrected chi connectivity index (χ0v) is 17.3. The van der Waals surface area contributed by atoms with E-state index in [1.807, 2.05) is 30.3 Å². The Morgan fingerprint density at radius 3 is 2.73 bits per heavy atom. The van der Waals surface area contributed by atoms with Gasteiger partial charge in [-0.15, -0.1) is 0 Å². The van der Waals surface area contributed by atoms with Gasteiger partial charge in [0.05, 0.1) is 24.0 Å². The largest absolute Gasteiger partial charge is 0.494 e. The third-order valence-electron chi connectivity index (χ3n) is 5.95. The Labute approximate surface area is 174 Å². The van der Waals surface area contributed by atoms with Crippen molar-refractivity contribution < 1.29 is 13.9 Å². The third kappa shape index (κ3) is 2.96.